The summed E-state index contributed by atoms with van der Waals surface area (Å²) in [5.74, 6) is -0.490. The van der Waals surface area contributed by atoms with Gasteiger partial charge in [-0.3, -0.25) is 9.59 Å². The first kappa shape index (κ1) is 14.8. The number of nitrogens with one attached hydrogen (secondary N) is 1. The third-order valence-electron chi connectivity index (χ3n) is 3.81. The summed E-state index contributed by atoms with van der Waals surface area (Å²) in [4.78, 5) is 25.3. The molecule has 1 aliphatic heterocycles. The first-order valence-electron chi connectivity index (χ1n) is 6.48. The fraction of sp³-hybridized carbons (Fsp3) is 0.538. The summed E-state index contributed by atoms with van der Waals surface area (Å²) >= 11 is 0. The summed E-state index contributed by atoms with van der Waals surface area (Å²) in [5.41, 5.74) is 4.90. The Labute approximate surface area is 117 Å². The van der Waals surface area contributed by atoms with Gasteiger partial charge in [-0.2, -0.15) is 0 Å². The van der Waals surface area contributed by atoms with Crippen LogP contribution in [0.25, 0.3) is 0 Å². The molecule has 1 aliphatic rings. The van der Waals surface area contributed by atoms with Crippen molar-refractivity contribution >= 4 is 18.6 Å². The first-order valence-corrected chi connectivity index (χ1v) is 6.48. The van der Waals surface area contributed by atoms with Gasteiger partial charge < -0.3 is 20.0 Å². The Hall–Kier alpha value is -1.60. The van der Waals surface area contributed by atoms with E-state index in [4.69, 9.17) is 15.0 Å². The molecule has 2 rings (SSSR count). The molecule has 0 saturated carbocycles. The zero-order valence-corrected chi connectivity index (χ0v) is 12.1. The quantitative estimate of drug-likeness (QED) is 0.742. The molecule has 0 aromatic carbocycles. The van der Waals surface area contributed by atoms with Gasteiger partial charge in [0.1, 0.15) is 0 Å². The number of carbonyl (C=O) groups excluding carboxylic acids is 1. The Morgan fingerprint density at radius 2 is 1.80 bits per heavy atom. The number of aromatic amines is 1. The first-order chi connectivity index (χ1) is 9.10. The van der Waals surface area contributed by atoms with Crippen molar-refractivity contribution in [2.75, 3.05) is 0 Å². The number of hydrogen-bond acceptors (Lipinski definition) is 4. The third-order valence-corrected chi connectivity index (χ3v) is 3.81. The van der Waals surface area contributed by atoms with Crippen LogP contribution in [-0.4, -0.2) is 29.2 Å². The fourth-order valence-electron chi connectivity index (χ4n) is 2.02. The van der Waals surface area contributed by atoms with Gasteiger partial charge in [-0.25, -0.2) is 0 Å². The van der Waals surface area contributed by atoms with E-state index in [-0.39, 0.29) is 12.0 Å². The van der Waals surface area contributed by atoms with Crippen LogP contribution >= 0.6 is 0 Å². The molecule has 108 valence electrons. The van der Waals surface area contributed by atoms with Crippen molar-refractivity contribution in [1.29, 1.82) is 0 Å². The molecule has 1 aromatic rings. The maximum Gasteiger partial charge on any atom is 0.512 e. The Morgan fingerprint density at radius 3 is 2.30 bits per heavy atom. The van der Waals surface area contributed by atoms with Crippen LogP contribution < -0.4 is 16.9 Å². The molecule has 0 atom stereocenters. The van der Waals surface area contributed by atoms with Crippen molar-refractivity contribution in [3.05, 3.63) is 28.0 Å². The van der Waals surface area contributed by atoms with Gasteiger partial charge in [0.05, 0.1) is 17.6 Å². The van der Waals surface area contributed by atoms with E-state index in [2.05, 4.69) is 4.98 Å². The average molecular weight is 278 g/mol. The summed E-state index contributed by atoms with van der Waals surface area (Å²) in [6.45, 7) is 7.72. The standard InChI is InChI=1S/C13H19BN2O4/c1-12(2)13(3,4)20-14(19-12)9-5-8(6-10(15)17)7-11(18)16-9/h5,7H,6H2,1-4H3,(H2,15,17)(H,16,18). The minimum atomic E-state index is -0.666. The molecule has 1 amide bonds. The summed E-state index contributed by atoms with van der Waals surface area (Å²) in [5, 5.41) is 0. The molecule has 0 bridgehead atoms. The lowest BCUT2D eigenvalue weighted by Crippen LogP contribution is -2.41. The molecule has 7 heteroatoms. The van der Waals surface area contributed by atoms with Crippen molar-refractivity contribution in [3.63, 3.8) is 0 Å². The van der Waals surface area contributed by atoms with Gasteiger partial charge in [-0.05, 0) is 39.3 Å². The molecule has 6 nitrogen and oxygen atoms in total. The molecule has 2 heterocycles. The van der Waals surface area contributed by atoms with Gasteiger partial charge in [-0.15, -0.1) is 0 Å². The molecular weight excluding hydrogens is 259 g/mol. The molecule has 1 fully saturated rings. The Bertz CT molecular complexity index is 578. The number of H-pyrrole nitrogens is 1. The SMILES string of the molecule is CC1(C)OB(c2cc(CC(N)=O)cc(=O)[nH]2)OC1(C)C. The second-order valence-electron chi connectivity index (χ2n) is 6.04. The normalized spacial score (nSPS) is 20.1. The Balaban J connectivity index is 2.33. The van der Waals surface area contributed by atoms with Crippen LogP contribution in [-0.2, 0) is 20.5 Å². The van der Waals surface area contributed by atoms with Crippen LogP contribution in [0.4, 0.5) is 0 Å². The van der Waals surface area contributed by atoms with E-state index < -0.39 is 24.2 Å². The molecular formula is C13H19BN2O4. The van der Waals surface area contributed by atoms with E-state index in [1.165, 1.54) is 6.07 Å². The van der Waals surface area contributed by atoms with Gasteiger partial charge in [-0.1, -0.05) is 0 Å². The van der Waals surface area contributed by atoms with E-state index >= 15 is 0 Å². The highest BCUT2D eigenvalue weighted by Crippen LogP contribution is 2.36. The molecule has 0 unspecified atom stereocenters. The van der Waals surface area contributed by atoms with Crippen molar-refractivity contribution < 1.29 is 14.1 Å². The second kappa shape index (κ2) is 4.75. The van der Waals surface area contributed by atoms with Gasteiger partial charge in [0.2, 0.25) is 11.5 Å². The number of hydrogen-bond donors (Lipinski definition) is 2. The van der Waals surface area contributed by atoms with Gasteiger partial charge in [0.15, 0.2) is 0 Å². The largest absolute Gasteiger partial charge is 0.512 e. The highest BCUT2D eigenvalue weighted by Gasteiger charge is 2.52. The van der Waals surface area contributed by atoms with Crippen LogP contribution in [0.5, 0.6) is 0 Å². The van der Waals surface area contributed by atoms with E-state index in [0.29, 0.717) is 11.2 Å². The van der Waals surface area contributed by atoms with E-state index in [0.717, 1.165) is 0 Å². The van der Waals surface area contributed by atoms with Crippen molar-refractivity contribution in [1.82, 2.24) is 4.98 Å². The molecule has 0 aliphatic carbocycles. The Kier molecular flexibility index (Phi) is 3.52. The molecule has 0 spiro atoms. The fourth-order valence-corrected chi connectivity index (χ4v) is 2.02. The van der Waals surface area contributed by atoms with Crippen LogP contribution in [0.15, 0.2) is 16.9 Å². The molecule has 1 aromatic heterocycles. The van der Waals surface area contributed by atoms with Crippen molar-refractivity contribution in [2.45, 2.75) is 45.3 Å². The van der Waals surface area contributed by atoms with Gasteiger partial charge in [0, 0.05) is 11.7 Å². The summed E-state index contributed by atoms with van der Waals surface area (Å²) in [6, 6.07) is 3.02. The lowest BCUT2D eigenvalue weighted by molar-refractivity contribution is -0.117. The minimum absolute atomic E-state index is 0.0103. The van der Waals surface area contributed by atoms with Crippen LogP contribution in [0.2, 0.25) is 0 Å². The minimum Gasteiger partial charge on any atom is -0.398 e. The zero-order valence-electron chi connectivity index (χ0n) is 12.1. The predicted molar refractivity (Wildman–Crippen MR) is 75.7 cm³/mol. The lowest BCUT2D eigenvalue weighted by Gasteiger charge is -2.32. The number of primary amides is 1. The lowest BCUT2D eigenvalue weighted by atomic mass is 9.83. The summed E-state index contributed by atoms with van der Waals surface area (Å²) in [6.07, 6.45) is 0.0103. The van der Waals surface area contributed by atoms with E-state index in [1.54, 1.807) is 6.07 Å². The molecule has 20 heavy (non-hydrogen) atoms. The van der Waals surface area contributed by atoms with E-state index in [1.807, 2.05) is 27.7 Å². The van der Waals surface area contributed by atoms with Crippen LogP contribution in [0.1, 0.15) is 33.3 Å². The van der Waals surface area contributed by atoms with Gasteiger partial charge in [0.25, 0.3) is 0 Å². The van der Waals surface area contributed by atoms with Crippen molar-refractivity contribution in [3.8, 4) is 0 Å². The molecule has 1 saturated heterocycles. The number of carbonyl (C=O) groups is 1. The Morgan fingerprint density at radius 1 is 1.25 bits per heavy atom. The zero-order chi connectivity index (χ0) is 15.1. The van der Waals surface area contributed by atoms with E-state index in [9.17, 15) is 9.59 Å². The maximum atomic E-state index is 11.7. The highest BCUT2D eigenvalue weighted by atomic mass is 16.7. The number of amides is 1. The molecule has 0 radical (unpaired) electrons. The number of aromatic nitrogens is 1. The average Bonchev–Trinajstić information content (AvgIpc) is 2.46. The number of pyridine rings is 1. The topological polar surface area (TPSA) is 94.4 Å². The molecule has 3 N–H and O–H groups in total. The van der Waals surface area contributed by atoms with Gasteiger partial charge >= 0.3 is 7.12 Å². The summed E-state index contributed by atoms with van der Waals surface area (Å²) < 4.78 is 11.7. The highest BCUT2D eigenvalue weighted by molar-refractivity contribution is 6.61. The second-order valence-corrected chi connectivity index (χ2v) is 6.04. The smallest absolute Gasteiger partial charge is 0.398 e. The number of rotatable bonds is 3. The predicted octanol–water partition coefficient (Wildman–Crippen LogP) is -0.298. The summed E-state index contributed by atoms with van der Waals surface area (Å²) in [7, 11) is -0.666. The van der Waals surface area contributed by atoms with Crippen LogP contribution in [0.3, 0.4) is 0 Å². The monoisotopic (exact) mass is 278 g/mol. The third kappa shape index (κ3) is 2.78. The maximum absolute atomic E-state index is 11.7. The van der Waals surface area contributed by atoms with Crippen molar-refractivity contribution in [2.24, 2.45) is 5.73 Å². The number of nitrogens with two attached hydrogens (primary N) is 1. The van der Waals surface area contributed by atoms with Crippen LogP contribution in [0, 0.1) is 0 Å².